The van der Waals surface area contributed by atoms with Gasteiger partial charge in [-0.3, -0.25) is 4.68 Å². The van der Waals surface area contributed by atoms with Gasteiger partial charge in [0.15, 0.2) is 5.69 Å². The van der Waals surface area contributed by atoms with Gasteiger partial charge in [0.25, 0.3) is 0 Å². The van der Waals surface area contributed by atoms with Gasteiger partial charge in [-0.25, -0.2) is 0 Å². The number of nitrogens with zero attached hydrogens (tertiary/aromatic N) is 3. The third-order valence-corrected chi connectivity index (χ3v) is 3.78. The van der Waals surface area contributed by atoms with Crippen molar-refractivity contribution in [1.82, 2.24) is 9.78 Å². The molecule has 0 fully saturated rings. The van der Waals surface area contributed by atoms with Crippen LogP contribution >= 0.6 is 15.9 Å². The molecule has 1 aromatic heterocycles. The Bertz CT molecular complexity index is 655. The monoisotopic (exact) mass is 319 g/mol. The molecule has 0 unspecified atom stereocenters. The molecule has 0 bridgehead atoms. The smallest absolute Gasteiger partial charge is 0.177 e. The summed E-state index contributed by atoms with van der Waals surface area (Å²) in [7, 11) is 3.50. The van der Waals surface area contributed by atoms with Crippen molar-refractivity contribution in [3.8, 4) is 23.1 Å². The molecule has 0 atom stereocenters. The summed E-state index contributed by atoms with van der Waals surface area (Å²) in [6.45, 7) is 2.08. The van der Waals surface area contributed by atoms with Gasteiger partial charge >= 0.3 is 0 Å². The molecule has 19 heavy (non-hydrogen) atoms. The van der Waals surface area contributed by atoms with Crippen molar-refractivity contribution in [1.29, 1.82) is 5.26 Å². The Balaban J connectivity index is 2.60. The maximum atomic E-state index is 9.01. The number of halogens is 1. The average molecular weight is 320 g/mol. The molecule has 0 aliphatic carbocycles. The molecule has 2 rings (SSSR count). The van der Waals surface area contributed by atoms with Crippen LogP contribution in [0.15, 0.2) is 22.7 Å². The van der Waals surface area contributed by atoms with Crippen LogP contribution in [0.2, 0.25) is 0 Å². The second kappa shape index (κ2) is 5.45. The molecule has 0 saturated carbocycles. The van der Waals surface area contributed by atoms with Crippen LogP contribution in [0, 0.1) is 11.3 Å². The van der Waals surface area contributed by atoms with Gasteiger partial charge in [0.2, 0.25) is 0 Å². The second-order valence-electron chi connectivity index (χ2n) is 4.13. The van der Waals surface area contributed by atoms with E-state index < -0.39 is 0 Å². The van der Waals surface area contributed by atoms with Gasteiger partial charge < -0.3 is 4.74 Å². The Morgan fingerprint density at radius 1 is 1.47 bits per heavy atom. The summed E-state index contributed by atoms with van der Waals surface area (Å²) in [5.41, 5.74) is 3.44. The summed E-state index contributed by atoms with van der Waals surface area (Å²) in [6.07, 6.45) is 0.886. The molecule has 98 valence electrons. The number of nitriles is 1. The van der Waals surface area contributed by atoms with Gasteiger partial charge in [0.1, 0.15) is 11.8 Å². The molecule has 0 amide bonds. The van der Waals surface area contributed by atoms with E-state index in [1.165, 1.54) is 0 Å². The zero-order chi connectivity index (χ0) is 14.0. The van der Waals surface area contributed by atoms with Gasteiger partial charge in [0, 0.05) is 12.6 Å². The molecule has 0 aliphatic rings. The number of benzene rings is 1. The van der Waals surface area contributed by atoms with E-state index in [-0.39, 0.29) is 0 Å². The first-order valence-electron chi connectivity index (χ1n) is 5.92. The highest BCUT2D eigenvalue weighted by Gasteiger charge is 2.16. The van der Waals surface area contributed by atoms with E-state index in [0.717, 1.165) is 33.5 Å². The molecule has 0 N–H and O–H groups in total. The maximum Gasteiger partial charge on any atom is 0.177 e. The molecule has 1 aromatic carbocycles. The lowest BCUT2D eigenvalue weighted by Gasteiger charge is -2.10. The fraction of sp³-hybridized carbons (Fsp3) is 0.286. The van der Waals surface area contributed by atoms with Crippen molar-refractivity contribution in [2.45, 2.75) is 13.3 Å². The fourth-order valence-electron chi connectivity index (χ4n) is 2.09. The highest BCUT2D eigenvalue weighted by atomic mass is 79.9. The van der Waals surface area contributed by atoms with Gasteiger partial charge in [-0.15, -0.1) is 0 Å². The van der Waals surface area contributed by atoms with Crippen molar-refractivity contribution < 1.29 is 4.74 Å². The number of methoxy groups -OCH3 is 1. The van der Waals surface area contributed by atoms with E-state index in [4.69, 9.17) is 10.00 Å². The molecule has 4 nitrogen and oxygen atoms in total. The predicted molar refractivity (Wildman–Crippen MR) is 77.0 cm³/mol. The maximum absolute atomic E-state index is 9.01. The van der Waals surface area contributed by atoms with Crippen LogP contribution in [0.4, 0.5) is 0 Å². The van der Waals surface area contributed by atoms with E-state index >= 15 is 0 Å². The quantitative estimate of drug-likeness (QED) is 0.872. The molecule has 1 heterocycles. The second-order valence-corrected chi connectivity index (χ2v) is 4.92. The summed E-state index contributed by atoms with van der Waals surface area (Å²) in [6, 6.07) is 8.06. The number of aromatic nitrogens is 2. The third kappa shape index (κ3) is 2.36. The molecular weight excluding hydrogens is 306 g/mol. The molecule has 2 aromatic rings. The first kappa shape index (κ1) is 13.6. The number of ether oxygens (including phenoxy) is 1. The number of hydrogen-bond acceptors (Lipinski definition) is 3. The van der Waals surface area contributed by atoms with Crippen LogP contribution in [0.25, 0.3) is 11.3 Å². The van der Waals surface area contributed by atoms with Crippen molar-refractivity contribution in [3.63, 3.8) is 0 Å². The molecule has 0 radical (unpaired) electrons. The lowest BCUT2D eigenvalue weighted by Crippen LogP contribution is -1.96. The van der Waals surface area contributed by atoms with Gasteiger partial charge in [-0.05, 0) is 46.1 Å². The molecule has 0 saturated heterocycles. The van der Waals surface area contributed by atoms with Crippen LogP contribution in [0.5, 0.6) is 5.75 Å². The number of aryl methyl sites for hydroxylation is 2. The first-order chi connectivity index (χ1) is 9.12. The topological polar surface area (TPSA) is 50.8 Å². The van der Waals surface area contributed by atoms with E-state index in [9.17, 15) is 0 Å². The summed E-state index contributed by atoms with van der Waals surface area (Å²) in [4.78, 5) is 0. The lowest BCUT2D eigenvalue weighted by molar-refractivity contribution is 0.410. The Morgan fingerprint density at radius 3 is 2.74 bits per heavy atom. The number of hydrogen-bond donors (Lipinski definition) is 0. The Hall–Kier alpha value is -1.80. The minimum Gasteiger partial charge on any atom is -0.496 e. The van der Waals surface area contributed by atoms with Gasteiger partial charge in [0.05, 0.1) is 17.3 Å². The number of rotatable bonds is 3. The molecule has 0 spiro atoms. The van der Waals surface area contributed by atoms with E-state index in [2.05, 4.69) is 40.1 Å². The van der Waals surface area contributed by atoms with Crippen LogP contribution in [-0.2, 0) is 13.5 Å². The Labute approximate surface area is 120 Å². The first-order valence-corrected chi connectivity index (χ1v) is 6.71. The fourth-order valence-corrected chi connectivity index (χ4v) is 2.74. The summed E-state index contributed by atoms with van der Waals surface area (Å²) < 4.78 is 7.77. The third-order valence-electron chi connectivity index (χ3n) is 3.03. The normalized spacial score (nSPS) is 10.3. The molecule has 0 aliphatic heterocycles. The minimum atomic E-state index is 0.395. The largest absolute Gasteiger partial charge is 0.496 e. The standard InChI is InChI=1S/C14H14BrN3O/c1-4-9-7-10(5-6-12(9)19-3)14-13(15)11(8-16)17-18(14)2/h5-7H,4H2,1-3H3. The summed E-state index contributed by atoms with van der Waals surface area (Å²) >= 11 is 3.44. The van der Waals surface area contributed by atoms with E-state index in [1.54, 1.807) is 11.8 Å². The van der Waals surface area contributed by atoms with Crippen molar-refractivity contribution in [3.05, 3.63) is 33.9 Å². The van der Waals surface area contributed by atoms with Gasteiger partial charge in [-0.2, -0.15) is 10.4 Å². The van der Waals surface area contributed by atoms with E-state index in [0.29, 0.717) is 5.69 Å². The van der Waals surface area contributed by atoms with Crippen LogP contribution in [0.1, 0.15) is 18.2 Å². The average Bonchev–Trinajstić information content (AvgIpc) is 2.72. The lowest BCUT2D eigenvalue weighted by atomic mass is 10.0. The highest BCUT2D eigenvalue weighted by molar-refractivity contribution is 9.10. The summed E-state index contributed by atoms with van der Waals surface area (Å²) in [5, 5.41) is 13.2. The molecule has 5 heteroatoms. The van der Waals surface area contributed by atoms with Crippen molar-refractivity contribution >= 4 is 15.9 Å². The van der Waals surface area contributed by atoms with E-state index in [1.807, 2.05) is 19.2 Å². The van der Waals surface area contributed by atoms with Gasteiger partial charge in [-0.1, -0.05) is 6.92 Å². The Kier molecular flexibility index (Phi) is 3.91. The molecular formula is C14H14BrN3O. The predicted octanol–water partition coefficient (Wildman–Crippen LogP) is 3.29. The van der Waals surface area contributed by atoms with Crippen LogP contribution in [-0.4, -0.2) is 16.9 Å². The minimum absolute atomic E-state index is 0.395. The van der Waals surface area contributed by atoms with Crippen LogP contribution in [0.3, 0.4) is 0 Å². The zero-order valence-corrected chi connectivity index (χ0v) is 12.7. The zero-order valence-electron chi connectivity index (χ0n) is 11.1. The van der Waals surface area contributed by atoms with Crippen LogP contribution < -0.4 is 4.74 Å². The Morgan fingerprint density at radius 2 is 2.21 bits per heavy atom. The van der Waals surface area contributed by atoms with Crippen molar-refractivity contribution in [2.75, 3.05) is 7.11 Å². The highest BCUT2D eigenvalue weighted by Crippen LogP contribution is 2.33. The van der Waals surface area contributed by atoms with Crippen molar-refractivity contribution in [2.24, 2.45) is 7.05 Å². The summed E-state index contributed by atoms with van der Waals surface area (Å²) in [5.74, 6) is 0.880. The SMILES string of the molecule is CCc1cc(-c2c(Br)c(C#N)nn2C)ccc1OC.